The number of rotatable bonds is 8. The highest BCUT2D eigenvalue weighted by Gasteiger charge is 2.51. The topological polar surface area (TPSA) is 99.7 Å². The number of aromatic hydroxyl groups is 1. The quantitative estimate of drug-likeness (QED) is 0.443. The molecule has 2 saturated heterocycles. The number of phenols is 1. The van der Waals surface area contributed by atoms with Gasteiger partial charge in [0.05, 0.1) is 13.1 Å². The Balaban J connectivity index is 1.40. The second-order valence-corrected chi connectivity index (χ2v) is 10.7. The molecule has 2 fully saturated rings. The largest absolute Gasteiger partial charge is 0.508 e. The molecule has 10 heteroatoms. The maximum Gasteiger partial charge on any atom is 0.332 e. The molecule has 0 bridgehead atoms. The molecule has 0 aliphatic carbocycles. The van der Waals surface area contributed by atoms with E-state index in [1.54, 1.807) is 46.1 Å². The molecule has 0 spiro atoms. The maximum atomic E-state index is 13.9. The number of hydrazine groups is 1. The van der Waals surface area contributed by atoms with Crippen molar-refractivity contribution >= 4 is 23.5 Å². The van der Waals surface area contributed by atoms with Gasteiger partial charge < -0.3 is 25.1 Å². The Kier molecular flexibility index (Phi) is 8.11. The van der Waals surface area contributed by atoms with Crippen molar-refractivity contribution in [2.24, 2.45) is 0 Å². The van der Waals surface area contributed by atoms with Crippen molar-refractivity contribution in [1.82, 2.24) is 25.1 Å². The van der Waals surface area contributed by atoms with E-state index in [9.17, 15) is 19.5 Å². The molecular formula is C31H36N6O4. The summed E-state index contributed by atoms with van der Waals surface area (Å²) in [4.78, 5) is 45.9. The van der Waals surface area contributed by atoms with E-state index in [2.05, 4.69) is 11.4 Å². The Morgan fingerprint density at radius 3 is 2.34 bits per heavy atom. The number of hydrogen-bond donors (Lipinski definition) is 2. The molecule has 3 aromatic rings. The summed E-state index contributed by atoms with van der Waals surface area (Å²) in [7, 11) is 5.59. The first kappa shape index (κ1) is 28.0. The number of urea groups is 1. The zero-order valence-corrected chi connectivity index (χ0v) is 23.6. The first-order chi connectivity index (χ1) is 19.7. The number of nitrogens with one attached hydrogen (secondary N) is 1. The minimum Gasteiger partial charge on any atom is -0.508 e. The van der Waals surface area contributed by atoms with Gasteiger partial charge in [0.2, 0.25) is 11.8 Å². The van der Waals surface area contributed by atoms with Crippen molar-refractivity contribution in [3.8, 4) is 5.75 Å². The monoisotopic (exact) mass is 556 g/mol. The lowest BCUT2D eigenvalue weighted by molar-refractivity contribution is -0.157. The molecule has 2 aliphatic rings. The van der Waals surface area contributed by atoms with Crippen LogP contribution in [-0.4, -0.2) is 89.2 Å². The van der Waals surface area contributed by atoms with Crippen LogP contribution in [0.4, 0.5) is 10.5 Å². The number of nitrogens with zero attached hydrogens (tertiary/aromatic N) is 5. The van der Waals surface area contributed by atoms with Crippen LogP contribution in [0.2, 0.25) is 0 Å². The van der Waals surface area contributed by atoms with E-state index in [1.807, 2.05) is 67.5 Å². The zero-order chi connectivity index (χ0) is 29.1. The molecule has 0 unspecified atom stereocenters. The highest BCUT2D eigenvalue weighted by atomic mass is 16.3. The van der Waals surface area contributed by atoms with Crippen LogP contribution >= 0.6 is 0 Å². The number of amides is 4. The van der Waals surface area contributed by atoms with E-state index in [0.717, 1.165) is 22.4 Å². The lowest BCUT2D eigenvalue weighted by Gasteiger charge is -2.45. The summed E-state index contributed by atoms with van der Waals surface area (Å²) < 4.78 is 0. The van der Waals surface area contributed by atoms with Gasteiger partial charge in [-0.2, -0.15) is 5.01 Å². The second kappa shape index (κ2) is 11.9. The Morgan fingerprint density at radius 2 is 1.63 bits per heavy atom. The molecular weight excluding hydrogens is 520 g/mol. The smallest absolute Gasteiger partial charge is 0.332 e. The molecule has 3 aromatic carbocycles. The summed E-state index contributed by atoms with van der Waals surface area (Å²) in [5.74, 6) is -0.212. The number of hydrogen-bond acceptors (Lipinski definition) is 6. The van der Waals surface area contributed by atoms with Crippen molar-refractivity contribution < 1.29 is 19.5 Å². The molecule has 0 saturated carbocycles. The molecule has 214 valence electrons. The summed E-state index contributed by atoms with van der Waals surface area (Å²) in [5, 5.41) is 15.9. The molecule has 41 heavy (non-hydrogen) atoms. The summed E-state index contributed by atoms with van der Waals surface area (Å²) in [6.45, 7) is 0.988. The Bertz CT molecular complexity index is 1400. The standard InChI is InChI=1S/C31H36N6O4/c1-33(2)25-11-7-10-24(16-25)19-35-20-28-36(34(3)31(41)32-18-23-8-5-4-6-9-23)21-29(39)37(28)27(30(35)40)17-22-12-14-26(38)15-13-22/h4-16,27-28,38H,17-21H2,1-3H3,(H,32,41)/t27-,28+/m0/s1. The number of piperazine rings is 1. The predicted molar refractivity (Wildman–Crippen MR) is 156 cm³/mol. The molecule has 0 aromatic heterocycles. The highest BCUT2D eigenvalue weighted by Crippen LogP contribution is 2.30. The number of benzene rings is 3. The third-order valence-corrected chi connectivity index (χ3v) is 7.70. The molecule has 0 radical (unpaired) electrons. The average Bonchev–Trinajstić information content (AvgIpc) is 3.30. The van der Waals surface area contributed by atoms with Gasteiger partial charge >= 0.3 is 6.03 Å². The number of carbonyl (C=O) groups is 3. The van der Waals surface area contributed by atoms with Crippen LogP contribution in [0.3, 0.4) is 0 Å². The van der Waals surface area contributed by atoms with Crippen molar-refractivity contribution in [3.63, 3.8) is 0 Å². The third kappa shape index (κ3) is 6.12. The first-order valence-corrected chi connectivity index (χ1v) is 13.7. The average molecular weight is 557 g/mol. The fourth-order valence-corrected chi connectivity index (χ4v) is 5.46. The van der Waals surface area contributed by atoms with Crippen LogP contribution in [0, 0.1) is 0 Å². The number of phenolic OH excluding ortho intramolecular Hbond substituents is 1. The summed E-state index contributed by atoms with van der Waals surface area (Å²) in [6.07, 6.45) is -0.209. The van der Waals surface area contributed by atoms with Crippen LogP contribution in [-0.2, 0) is 29.1 Å². The summed E-state index contributed by atoms with van der Waals surface area (Å²) in [6, 6.07) is 23.2. The number of carbonyl (C=O) groups excluding carboxylic acids is 3. The Hall–Kier alpha value is -4.57. The van der Waals surface area contributed by atoms with E-state index in [4.69, 9.17) is 0 Å². The SMILES string of the molecule is CN(C)c1cccc(CN2C[C@H]3N(C(=O)CN3N(C)C(=O)NCc3ccccc3)[C@@H](Cc3ccc(O)cc3)C2=O)c1. The lowest BCUT2D eigenvalue weighted by atomic mass is 9.99. The maximum absolute atomic E-state index is 13.9. The van der Waals surface area contributed by atoms with E-state index >= 15 is 0 Å². The third-order valence-electron chi connectivity index (χ3n) is 7.70. The number of fused-ring (bicyclic) bond motifs is 1. The predicted octanol–water partition coefficient (Wildman–Crippen LogP) is 2.64. The minimum atomic E-state index is -0.742. The Morgan fingerprint density at radius 1 is 0.927 bits per heavy atom. The van der Waals surface area contributed by atoms with Gasteiger partial charge in [-0.3, -0.25) is 14.6 Å². The van der Waals surface area contributed by atoms with Crippen molar-refractivity contribution in [3.05, 3.63) is 95.6 Å². The van der Waals surface area contributed by atoms with Crippen molar-refractivity contribution in [2.75, 3.05) is 39.1 Å². The van der Waals surface area contributed by atoms with E-state index in [-0.39, 0.29) is 36.7 Å². The summed E-state index contributed by atoms with van der Waals surface area (Å²) >= 11 is 0. The number of anilines is 1. The van der Waals surface area contributed by atoms with Gasteiger partial charge in [-0.05, 0) is 41.0 Å². The van der Waals surface area contributed by atoms with Crippen molar-refractivity contribution in [2.45, 2.75) is 31.7 Å². The molecule has 2 aliphatic heterocycles. The van der Waals surface area contributed by atoms with E-state index in [0.29, 0.717) is 19.5 Å². The van der Waals surface area contributed by atoms with Crippen LogP contribution in [0.25, 0.3) is 0 Å². The van der Waals surface area contributed by atoms with Gasteiger partial charge in [0.1, 0.15) is 18.0 Å². The van der Waals surface area contributed by atoms with Gasteiger partial charge in [0.25, 0.3) is 0 Å². The molecule has 5 rings (SSSR count). The molecule has 10 nitrogen and oxygen atoms in total. The van der Waals surface area contributed by atoms with Gasteiger partial charge in [0.15, 0.2) is 0 Å². The van der Waals surface area contributed by atoms with Crippen LogP contribution in [0.15, 0.2) is 78.9 Å². The van der Waals surface area contributed by atoms with Gasteiger partial charge in [-0.1, -0.05) is 54.6 Å². The van der Waals surface area contributed by atoms with Gasteiger partial charge in [-0.25, -0.2) is 4.79 Å². The molecule has 2 atom stereocenters. The summed E-state index contributed by atoms with van der Waals surface area (Å²) in [5.41, 5.74) is 3.81. The first-order valence-electron chi connectivity index (χ1n) is 13.7. The zero-order valence-electron chi connectivity index (χ0n) is 23.6. The lowest BCUT2D eigenvalue weighted by Crippen LogP contribution is -2.65. The van der Waals surface area contributed by atoms with E-state index < -0.39 is 12.2 Å². The molecule has 4 amide bonds. The fourth-order valence-electron chi connectivity index (χ4n) is 5.46. The van der Waals surface area contributed by atoms with E-state index in [1.165, 1.54) is 5.01 Å². The molecule has 2 heterocycles. The normalized spacial score (nSPS) is 18.8. The van der Waals surface area contributed by atoms with Crippen LogP contribution in [0.1, 0.15) is 16.7 Å². The van der Waals surface area contributed by atoms with Gasteiger partial charge in [0, 0.05) is 46.3 Å². The van der Waals surface area contributed by atoms with Crippen LogP contribution < -0.4 is 10.2 Å². The minimum absolute atomic E-state index is 0.0107. The fraction of sp³-hybridized carbons (Fsp3) is 0.323. The second-order valence-electron chi connectivity index (χ2n) is 10.7. The Labute approximate surface area is 240 Å². The molecule has 2 N–H and O–H groups in total. The van der Waals surface area contributed by atoms with Crippen molar-refractivity contribution in [1.29, 1.82) is 0 Å². The van der Waals surface area contributed by atoms with Crippen LogP contribution in [0.5, 0.6) is 5.75 Å². The highest BCUT2D eigenvalue weighted by molar-refractivity contribution is 5.91. The van der Waals surface area contributed by atoms with Gasteiger partial charge in [-0.15, -0.1) is 0 Å².